The van der Waals surface area contributed by atoms with Crippen molar-refractivity contribution in [1.29, 1.82) is 0 Å². The molecule has 0 bridgehead atoms. The Bertz CT molecular complexity index is 734. The average Bonchev–Trinajstić information content (AvgIpc) is 2.82. The summed E-state index contributed by atoms with van der Waals surface area (Å²) in [6.07, 6.45) is 1.65. The van der Waals surface area contributed by atoms with Crippen molar-refractivity contribution in [1.82, 2.24) is 20.0 Å². The Balaban J connectivity index is 2.30. The molecule has 0 saturated carbocycles. The Morgan fingerprint density at radius 2 is 2.00 bits per heavy atom. The van der Waals surface area contributed by atoms with Gasteiger partial charge in [-0.15, -0.1) is 5.10 Å². The van der Waals surface area contributed by atoms with Crippen LogP contribution in [0, 0.1) is 0 Å². The Morgan fingerprint density at radius 1 is 1.17 bits per heavy atom. The third-order valence-corrected chi connectivity index (χ3v) is 2.61. The quantitative estimate of drug-likeness (QED) is 0.720. The number of carbonyl (C=O) groups is 1. The molecule has 6 nitrogen and oxygen atoms in total. The van der Waals surface area contributed by atoms with E-state index in [4.69, 9.17) is 5.73 Å². The number of primary amides is 1. The fourth-order valence-corrected chi connectivity index (χ4v) is 1.79. The highest BCUT2D eigenvalue weighted by molar-refractivity contribution is 5.97. The minimum absolute atomic E-state index is 0.384. The lowest BCUT2D eigenvalue weighted by molar-refractivity contribution is 0.1000. The van der Waals surface area contributed by atoms with Gasteiger partial charge in [0, 0.05) is 6.20 Å². The van der Waals surface area contributed by atoms with Crippen LogP contribution in [0.4, 0.5) is 0 Å². The number of amides is 1. The predicted molar refractivity (Wildman–Crippen MR) is 65.2 cm³/mol. The number of fused-ring (bicyclic) bond motifs is 1. The van der Waals surface area contributed by atoms with E-state index >= 15 is 0 Å². The summed E-state index contributed by atoms with van der Waals surface area (Å²) in [7, 11) is 0. The van der Waals surface area contributed by atoms with Crippen molar-refractivity contribution >= 4 is 17.1 Å². The van der Waals surface area contributed by atoms with Crippen molar-refractivity contribution in [3.05, 3.63) is 48.2 Å². The first-order valence-corrected chi connectivity index (χ1v) is 5.33. The summed E-state index contributed by atoms with van der Waals surface area (Å²) in [4.78, 5) is 15.6. The lowest BCUT2D eigenvalue weighted by atomic mass is 10.1. The SMILES string of the molecule is NC(=O)c1ccccc1-n1nnc2cccnc21. The summed E-state index contributed by atoms with van der Waals surface area (Å²) in [5.74, 6) is -0.509. The first kappa shape index (κ1) is 10.4. The zero-order valence-electron chi connectivity index (χ0n) is 9.32. The van der Waals surface area contributed by atoms with Crippen molar-refractivity contribution < 1.29 is 4.79 Å². The molecule has 0 aliphatic heterocycles. The number of hydrogen-bond acceptors (Lipinski definition) is 4. The van der Waals surface area contributed by atoms with Crippen LogP contribution in [-0.4, -0.2) is 25.9 Å². The van der Waals surface area contributed by atoms with E-state index in [0.717, 1.165) is 0 Å². The van der Waals surface area contributed by atoms with Gasteiger partial charge >= 0.3 is 0 Å². The van der Waals surface area contributed by atoms with Crippen LogP contribution in [0.15, 0.2) is 42.6 Å². The third-order valence-electron chi connectivity index (χ3n) is 2.61. The summed E-state index contributed by atoms with van der Waals surface area (Å²) < 4.78 is 1.51. The Labute approximate surface area is 102 Å². The number of benzene rings is 1. The maximum absolute atomic E-state index is 11.4. The Hall–Kier alpha value is -2.76. The highest BCUT2D eigenvalue weighted by Gasteiger charge is 2.13. The van der Waals surface area contributed by atoms with Crippen molar-refractivity contribution in [3.63, 3.8) is 0 Å². The smallest absolute Gasteiger partial charge is 0.250 e. The van der Waals surface area contributed by atoms with Gasteiger partial charge in [0.1, 0.15) is 5.52 Å². The lowest BCUT2D eigenvalue weighted by Gasteiger charge is -2.05. The number of para-hydroxylation sites is 1. The number of nitrogens with zero attached hydrogens (tertiary/aromatic N) is 4. The summed E-state index contributed by atoms with van der Waals surface area (Å²) in [6.45, 7) is 0. The molecular formula is C12H9N5O. The fraction of sp³-hybridized carbons (Fsp3) is 0. The van der Waals surface area contributed by atoms with Crippen molar-refractivity contribution in [3.8, 4) is 5.69 Å². The van der Waals surface area contributed by atoms with Crippen LogP contribution < -0.4 is 5.73 Å². The number of hydrogen-bond donors (Lipinski definition) is 1. The zero-order chi connectivity index (χ0) is 12.5. The molecule has 1 aromatic carbocycles. The first-order chi connectivity index (χ1) is 8.77. The van der Waals surface area contributed by atoms with Crippen LogP contribution in [0.25, 0.3) is 16.9 Å². The highest BCUT2D eigenvalue weighted by atomic mass is 16.1. The van der Waals surface area contributed by atoms with Gasteiger partial charge in [-0.2, -0.15) is 4.68 Å². The topological polar surface area (TPSA) is 86.7 Å². The molecule has 88 valence electrons. The van der Waals surface area contributed by atoms with Gasteiger partial charge in [-0.1, -0.05) is 17.3 Å². The lowest BCUT2D eigenvalue weighted by Crippen LogP contribution is -2.15. The summed E-state index contributed by atoms with van der Waals surface area (Å²) >= 11 is 0. The molecule has 18 heavy (non-hydrogen) atoms. The monoisotopic (exact) mass is 239 g/mol. The molecule has 0 unspecified atom stereocenters. The van der Waals surface area contributed by atoms with E-state index < -0.39 is 5.91 Å². The number of carbonyl (C=O) groups excluding carboxylic acids is 1. The van der Waals surface area contributed by atoms with Gasteiger partial charge in [0.15, 0.2) is 5.65 Å². The van der Waals surface area contributed by atoms with Crippen molar-refractivity contribution in [2.45, 2.75) is 0 Å². The number of nitrogens with two attached hydrogens (primary N) is 1. The molecule has 0 radical (unpaired) electrons. The average molecular weight is 239 g/mol. The normalized spacial score (nSPS) is 10.7. The summed E-state index contributed by atoms with van der Waals surface area (Å²) in [5, 5.41) is 8.00. The van der Waals surface area contributed by atoms with Crippen molar-refractivity contribution in [2.75, 3.05) is 0 Å². The highest BCUT2D eigenvalue weighted by Crippen LogP contribution is 2.17. The first-order valence-electron chi connectivity index (χ1n) is 5.33. The van der Waals surface area contributed by atoms with Crippen LogP contribution in [0.1, 0.15) is 10.4 Å². The predicted octanol–water partition coefficient (Wildman–Crippen LogP) is 0.914. The van der Waals surface area contributed by atoms with E-state index in [-0.39, 0.29) is 0 Å². The van der Waals surface area contributed by atoms with E-state index in [1.165, 1.54) is 4.68 Å². The van der Waals surface area contributed by atoms with Gasteiger partial charge in [0.2, 0.25) is 0 Å². The Morgan fingerprint density at radius 3 is 2.83 bits per heavy atom. The van der Waals surface area contributed by atoms with Crippen molar-refractivity contribution in [2.24, 2.45) is 5.73 Å². The molecule has 3 aromatic rings. The Kier molecular flexibility index (Phi) is 2.26. The van der Waals surface area contributed by atoms with Gasteiger partial charge in [0.25, 0.3) is 5.91 Å². The minimum atomic E-state index is -0.509. The number of pyridine rings is 1. The molecule has 6 heteroatoms. The van der Waals surface area contributed by atoms with Gasteiger partial charge < -0.3 is 5.73 Å². The van der Waals surface area contributed by atoms with Gasteiger partial charge in [-0.25, -0.2) is 4.98 Å². The molecule has 1 amide bonds. The van der Waals surface area contributed by atoms with E-state index in [0.29, 0.717) is 22.4 Å². The molecule has 0 fully saturated rings. The summed E-state index contributed by atoms with van der Waals surface area (Å²) in [5.41, 5.74) is 7.56. The third kappa shape index (κ3) is 1.51. The van der Waals surface area contributed by atoms with Gasteiger partial charge in [-0.05, 0) is 24.3 Å². The second kappa shape index (κ2) is 3.92. The molecule has 3 rings (SSSR count). The maximum Gasteiger partial charge on any atom is 0.250 e. The van der Waals surface area contributed by atoms with E-state index in [1.54, 1.807) is 42.6 Å². The largest absolute Gasteiger partial charge is 0.366 e. The van der Waals surface area contributed by atoms with Crippen LogP contribution in [0.3, 0.4) is 0 Å². The molecule has 0 aliphatic rings. The minimum Gasteiger partial charge on any atom is -0.366 e. The van der Waals surface area contributed by atoms with E-state index in [9.17, 15) is 4.79 Å². The van der Waals surface area contributed by atoms with Gasteiger partial charge in [0.05, 0.1) is 11.3 Å². The van der Waals surface area contributed by atoms with Crippen LogP contribution >= 0.6 is 0 Å². The standard InChI is InChI=1S/C12H9N5O/c13-11(18)8-4-1-2-6-10(8)17-12-9(15-16-17)5-3-7-14-12/h1-7H,(H2,13,18). The molecule has 2 N–H and O–H groups in total. The zero-order valence-corrected chi connectivity index (χ0v) is 9.32. The maximum atomic E-state index is 11.4. The second-order valence-corrected chi connectivity index (χ2v) is 3.73. The second-order valence-electron chi connectivity index (χ2n) is 3.73. The number of rotatable bonds is 2. The van der Waals surface area contributed by atoms with Crippen LogP contribution in [0.5, 0.6) is 0 Å². The van der Waals surface area contributed by atoms with Crippen LogP contribution in [0.2, 0.25) is 0 Å². The number of aromatic nitrogens is 4. The molecule has 0 aliphatic carbocycles. The molecule has 2 heterocycles. The fourth-order valence-electron chi connectivity index (χ4n) is 1.79. The summed E-state index contributed by atoms with van der Waals surface area (Å²) in [6, 6.07) is 10.5. The van der Waals surface area contributed by atoms with E-state index in [1.807, 2.05) is 0 Å². The molecule has 2 aromatic heterocycles. The molecule has 0 spiro atoms. The molecular weight excluding hydrogens is 230 g/mol. The molecule has 0 atom stereocenters. The van der Waals surface area contributed by atoms with Crippen LogP contribution in [-0.2, 0) is 0 Å². The molecule has 0 saturated heterocycles. The van der Waals surface area contributed by atoms with Gasteiger partial charge in [-0.3, -0.25) is 4.79 Å². The van der Waals surface area contributed by atoms with E-state index in [2.05, 4.69) is 15.3 Å².